The summed E-state index contributed by atoms with van der Waals surface area (Å²) < 4.78 is 6.62. The fourth-order valence-electron chi connectivity index (χ4n) is 2.19. The zero-order valence-corrected chi connectivity index (χ0v) is 10.6. The number of aromatic nitrogens is 2. The monoisotopic (exact) mass is 256 g/mol. The summed E-state index contributed by atoms with van der Waals surface area (Å²) >= 11 is 0. The Balaban J connectivity index is 2.26. The minimum Gasteiger partial charge on any atom is -0.408 e. The lowest BCUT2D eigenvalue weighted by atomic mass is 10.0. The maximum Gasteiger partial charge on any atom is 0.419 e. The first-order valence-corrected chi connectivity index (χ1v) is 5.85. The van der Waals surface area contributed by atoms with Crippen LogP contribution in [0.25, 0.3) is 22.2 Å². The molecule has 5 nitrogen and oxygen atoms in total. The smallest absolute Gasteiger partial charge is 0.408 e. The molecule has 1 N–H and O–H groups in total. The lowest BCUT2D eigenvalue weighted by Crippen LogP contribution is -2.08. The fraction of sp³-hybridized carbons (Fsp3) is 0.143. The Hall–Kier alpha value is -2.56. The Morgan fingerprint density at radius 2 is 2.00 bits per heavy atom. The Kier molecular flexibility index (Phi) is 2.41. The summed E-state index contributed by atoms with van der Waals surface area (Å²) in [6.07, 6.45) is 1.67. The Morgan fingerprint density at radius 3 is 2.74 bits per heavy atom. The summed E-state index contributed by atoms with van der Waals surface area (Å²) in [6.45, 7) is 1.87. The molecule has 0 aliphatic rings. The molecule has 0 unspecified atom stereocenters. The minimum absolute atomic E-state index is 0.131. The number of benzene rings is 1. The number of hydrogen-bond donors (Lipinski definition) is 1. The second-order valence-electron chi connectivity index (χ2n) is 4.50. The van der Waals surface area contributed by atoms with E-state index in [1.165, 1.54) is 4.57 Å². The maximum absolute atomic E-state index is 11.4. The molecule has 2 heterocycles. The first-order chi connectivity index (χ1) is 9.06. The van der Waals surface area contributed by atoms with E-state index in [0.717, 1.165) is 22.2 Å². The first-order valence-electron chi connectivity index (χ1n) is 5.85. The topological polar surface area (TPSA) is 68.0 Å². The average molecular weight is 256 g/mol. The van der Waals surface area contributed by atoms with Crippen molar-refractivity contribution in [2.45, 2.75) is 6.92 Å². The summed E-state index contributed by atoms with van der Waals surface area (Å²) in [7, 11) is 1.67. The molecular weight excluding hydrogens is 244 g/mol. The van der Waals surface area contributed by atoms with E-state index in [-0.39, 0.29) is 11.3 Å². The van der Waals surface area contributed by atoms with Gasteiger partial charge in [-0.05, 0) is 30.2 Å². The van der Waals surface area contributed by atoms with Crippen molar-refractivity contribution in [3.8, 4) is 11.1 Å². The fourth-order valence-corrected chi connectivity index (χ4v) is 2.19. The minimum atomic E-state index is -0.384. The van der Waals surface area contributed by atoms with Gasteiger partial charge >= 0.3 is 5.76 Å². The number of nitrogens with one attached hydrogen (secondary N) is 1. The van der Waals surface area contributed by atoms with Crippen LogP contribution in [0, 0.1) is 6.92 Å². The van der Waals surface area contributed by atoms with E-state index >= 15 is 0 Å². The van der Waals surface area contributed by atoms with Crippen LogP contribution in [0.2, 0.25) is 0 Å². The van der Waals surface area contributed by atoms with Gasteiger partial charge < -0.3 is 9.40 Å². The zero-order chi connectivity index (χ0) is 13.6. The Bertz CT molecular complexity index is 884. The van der Waals surface area contributed by atoms with E-state index in [2.05, 4.69) is 4.98 Å². The van der Waals surface area contributed by atoms with E-state index in [0.29, 0.717) is 5.58 Å². The lowest BCUT2D eigenvalue weighted by Gasteiger charge is -2.04. The van der Waals surface area contributed by atoms with E-state index in [1.54, 1.807) is 25.4 Å². The summed E-state index contributed by atoms with van der Waals surface area (Å²) in [4.78, 5) is 25.3. The highest BCUT2D eigenvalue weighted by molar-refractivity contribution is 5.81. The highest BCUT2D eigenvalue weighted by atomic mass is 16.4. The largest absolute Gasteiger partial charge is 0.419 e. The maximum atomic E-state index is 11.4. The molecule has 3 rings (SSSR count). The number of aryl methyl sites for hydroxylation is 2. The molecule has 0 fully saturated rings. The van der Waals surface area contributed by atoms with Crippen LogP contribution in [0.5, 0.6) is 0 Å². The summed E-state index contributed by atoms with van der Waals surface area (Å²) in [5, 5.41) is 0. The van der Waals surface area contributed by atoms with Crippen LogP contribution in [-0.2, 0) is 7.05 Å². The average Bonchev–Trinajstić information content (AvgIpc) is 2.64. The van der Waals surface area contributed by atoms with Gasteiger partial charge in [-0.3, -0.25) is 9.36 Å². The molecule has 0 amide bonds. The number of hydrogen-bond acceptors (Lipinski definition) is 3. The van der Waals surface area contributed by atoms with Gasteiger partial charge in [-0.15, -0.1) is 0 Å². The number of pyridine rings is 1. The van der Waals surface area contributed by atoms with Gasteiger partial charge in [0.05, 0.1) is 5.52 Å². The number of H-pyrrole nitrogens is 1. The third-order valence-corrected chi connectivity index (χ3v) is 3.23. The standard InChI is InChI=1S/C14H12N2O3/c1-8-5-13(17)15-7-10(8)9-3-4-11-12(6-9)19-14(18)16(11)2/h3-7H,1-2H3,(H,15,17). The number of nitrogens with zero attached hydrogens (tertiary/aromatic N) is 1. The van der Waals surface area contributed by atoms with Crippen LogP contribution in [0.3, 0.4) is 0 Å². The molecule has 0 atom stereocenters. The normalized spacial score (nSPS) is 11.1. The lowest BCUT2D eigenvalue weighted by molar-refractivity contribution is 0.528. The van der Waals surface area contributed by atoms with Gasteiger partial charge in [-0.1, -0.05) is 6.07 Å². The van der Waals surface area contributed by atoms with Crippen molar-refractivity contribution in [1.29, 1.82) is 0 Å². The molecule has 0 aliphatic carbocycles. The van der Waals surface area contributed by atoms with Gasteiger partial charge in [0, 0.05) is 24.9 Å². The van der Waals surface area contributed by atoms with Crippen LogP contribution in [0.4, 0.5) is 0 Å². The molecule has 0 bridgehead atoms. The Morgan fingerprint density at radius 1 is 1.21 bits per heavy atom. The molecule has 96 valence electrons. The van der Waals surface area contributed by atoms with Crippen molar-refractivity contribution in [3.63, 3.8) is 0 Å². The van der Waals surface area contributed by atoms with Gasteiger partial charge in [-0.25, -0.2) is 4.79 Å². The number of oxazole rings is 1. The quantitative estimate of drug-likeness (QED) is 0.721. The van der Waals surface area contributed by atoms with Crippen LogP contribution in [0.1, 0.15) is 5.56 Å². The van der Waals surface area contributed by atoms with Gasteiger partial charge in [0.25, 0.3) is 0 Å². The predicted octanol–water partition coefficient (Wildman–Crippen LogP) is 1.80. The zero-order valence-electron chi connectivity index (χ0n) is 10.6. The van der Waals surface area contributed by atoms with E-state index in [1.807, 2.05) is 19.1 Å². The van der Waals surface area contributed by atoms with Crippen molar-refractivity contribution in [2.75, 3.05) is 0 Å². The van der Waals surface area contributed by atoms with Gasteiger partial charge in [0.15, 0.2) is 5.58 Å². The molecule has 0 radical (unpaired) electrons. The first kappa shape index (κ1) is 11.5. The molecule has 1 aromatic carbocycles. The number of fused-ring (bicyclic) bond motifs is 1. The Labute approximate surface area is 108 Å². The predicted molar refractivity (Wildman–Crippen MR) is 72.2 cm³/mol. The highest BCUT2D eigenvalue weighted by Crippen LogP contribution is 2.25. The molecule has 2 aromatic heterocycles. The van der Waals surface area contributed by atoms with Gasteiger partial charge in [-0.2, -0.15) is 0 Å². The molecule has 19 heavy (non-hydrogen) atoms. The van der Waals surface area contributed by atoms with Crippen LogP contribution in [0.15, 0.2) is 44.5 Å². The summed E-state index contributed by atoms with van der Waals surface area (Å²) in [6, 6.07) is 7.08. The molecule has 0 saturated carbocycles. The summed E-state index contributed by atoms with van der Waals surface area (Å²) in [5.41, 5.74) is 3.84. The van der Waals surface area contributed by atoms with Crippen molar-refractivity contribution >= 4 is 11.1 Å². The van der Waals surface area contributed by atoms with Gasteiger partial charge in [0.1, 0.15) is 0 Å². The van der Waals surface area contributed by atoms with Crippen LogP contribution < -0.4 is 11.3 Å². The molecule has 3 aromatic rings. The third-order valence-electron chi connectivity index (χ3n) is 3.23. The van der Waals surface area contributed by atoms with Crippen LogP contribution in [-0.4, -0.2) is 9.55 Å². The summed E-state index contributed by atoms with van der Waals surface area (Å²) in [5.74, 6) is -0.384. The van der Waals surface area contributed by atoms with Crippen LogP contribution >= 0.6 is 0 Å². The third kappa shape index (κ3) is 1.79. The molecule has 5 heteroatoms. The highest BCUT2D eigenvalue weighted by Gasteiger charge is 2.09. The molecule has 0 aliphatic heterocycles. The van der Waals surface area contributed by atoms with Gasteiger partial charge in [0.2, 0.25) is 5.56 Å². The number of aromatic amines is 1. The molecule has 0 spiro atoms. The van der Waals surface area contributed by atoms with E-state index in [4.69, 9.17) is 4.42 Å². The van der Waals surface area contributed by atoms with Crippen molar-refractivity contribution < 1.29 is 4.42 Å². The number of rotatable bonds is 1. The molecular formula is C14H12N2O3. The van der Waals surface area contributed by atoms with E-state index in [9.17, 15) is 9.59 Å². The van der Waals surface area contributed by atoms with Crippen molar-refractivity contribution in [1.82, 2.24) is 9.55 Å². The van der Waals surface area contributed by atoms with Crippen molar-refractivity contribution in [2.24, 2.45) is 7.05 Å². The second-order valence-corrected chi connectivity index (χ2v) is 4.50. The SMILES string of the molecule is Cc1cc(=O)[nH]cc1-c1ccc2c(c1)oc(=O)n2C. The molecule has 0 saturated heterocycles. The van der Waals surface area contributed by atoms with Crippen molar-refractivity contribution in [3.05, 3.63) is 56.9 Å². The van der Waals surface area contributed by atoms with E-state index < -0.39 is 0 Å². The second kappa shape index (κ2) is 3.98.